The smallest absolute Gasteiger partial charge is 0.327 e. The predicted molar refractivity (Wildman–Crippen MR) is 67.5 cm³/mol. The largest absolute Gasteiger partial charge is 0.465 e. The van der Waals surface area contributed by atoms with Crippen LogP contribution in [0.25, 0.3) is 0 Å². The second kappa shape index (κ2) is 7.10. The first-order chi connectivity index (χ1) is 8.63. The summed E-state index contributed by atoms with van der Waals surface area (Å²) in [4.78, 5) is 27.9. The topological polar surface area (TPSA) is 65.5 Å². The number of esters is 2. The molecule has 0 atom stereocenters. The van der Waals surface area contributed by atoms with Crippen molar-refractivity contribution in [2.24, 2.45) is 0 Å². The first-order valence-corrected chi connectivity index (χ1v) is 6.79. The van der Waals surface area contributed by atoms with Crippen molar-refractivity contribution in [1.82, 2.24) is 4.98 Å². The number of aryl methyl sites for hydroxylation is 1. The zero-order valence-electron chi connectivity index (χ0n) is 10.8. The van der Waals surface area contributed by atoms with Crippen LogP contribution >= 0.6 is 11.3 Å². The quantitative estimate of drug-likeness (QED) is 0.584. The molecule has 1 rings (SSSR count). The highest BCUT2D eigenvalue weighted by Crippen LogP contribution is 2.23. The number of aromatic nitrogens is 1. The lowest BCUT2D eigenvalue weighted by Gasteiger charge is -2.11. The molecule has 0 saturated heterocycles. The summed E-state index contributed by atoms with van der Waals surface area (Å²) in [6.45, 7) is 5.79. The van der Waals surface area contributed by atoms with Gasteiger partial charge in [-0.3, -0.25) is 9.59 Å². The molecule has 0 aliphatic heterocycles. The molecule has 1 aromatic heterocycles. The zero-order chi connectivity index (χ0) is 13.5. The number of hydrogen-bond donors (Lipinski definition) is 0. The van der Waals surface area contributed by atoms with Crippen molar-refractivity contribution in [3.63, 3.8) is 0 Å². The Morgan fingerprint density at radius 3 is 2.17 bits per heavy atom. The Bertz CT molecular complexity index is 398. The fourth-order valence-corrected chi connectivity index (χ4v) is 2.34. The minimum Gasteiger partial charge on any atom is -0.465 e. The maximum absolute atomic E-state index is 11.8. The van der Waals surface area contributed by atoms with Crippen LogP contribution in [0.4, 0.5) is 0 Å². The Labute approximate surface area is 110 Å². The van der Waals surface area contributed by atoms with Gasteiger partial charge in [0, 0.05) is 5.38 Å². The molecule has 0 saturated carbocycles. The van der Waals surface area contributed by atoms with Gasteiger partial charge in [0.2, 0.25) is 5.92 Å². The first kappa shape index (κ1) is 14.6. The molecular formula is C12H17NO4S. The van der Waals surface area contributed by atoms with Crippen molar-refractivity contribution in [2.75, 3.05) is 13.2 Å². The van der Waals surface area contributed by atoms with E-state index in [9.17, 15) is 9.59 Å². The maximum atomic E-state index is 11.8. The molecule has 18 heavy (non-hydrogen) atoms. The van der Waals surface area contributed by atoms with Crippen LogP contribution in [0, 0.1) is 0 Å². The van der Waals surface area contributed by atoms with E-state index in [-0.39, 0.29) is 13.2 Å². The third kappa shape index (κ3) is 3.53. The molecule has 0 spiro atoms. The SMILES string of the molecule is CCOC(=O)C(C(=O)OCC)c1nc(CC)cs1. The molecule has 0 aliphatic carbocycles. The maximum Gasteiger partial charge on any atom is 0.327 e. The van der Waals surface area contributed by atoms with Crippen LogP contribution in [0.1, 0.15) is 37.4 Å². The van der Waals surface area contributed by atoms with Crippen LogP contribution in [0.15, 0.2) is 5.38 Å². The van der Waals surface area contributed by atoms with Gasteiger partial charge in [0.25, 0.3) is 0 Å². The van der Waals surface area contributed by atoms with E-state index in [0.717, 1.165) is 12.1 Å². The fraction of sp³-hybridized carbons (Fsp3) is 0.583. The minimum absolute atomic E-state index is 0.223. The van der Waals surface area contributed by atoms with E-state index < -0.39 is 17.9 Å². The predicted octanol–water partition coefficient (Wildman–Crippen LogP) is 1.92. The first-order valence-electron chi connectivity index (χ1n) is 5.91. The number of nitrogens with zero attached hydrogens (tertiary/aromatic N) is 1. The number of carbonyl (C=O) groups excluding carboxylic acids is 2. The van der Waals surface area contributed by atoms with Gasteiger partial charge in [0.1, 0.15) is 5.01 Å². The lowest BCUT2D eigenvalue weighted by atomic mass is 10.1. The van der Waals surface area contributed by atoms with Gasteiger partial charge in [0.05, 0.1) is 18.9 Å². The molecule has 0 amide bonds. The van der Waals surface area contributed by atoms with Gasteiger partial charge in [-0.05, 0) is 20.3 Å². The van der Waals surface area contributed by atoms with E-state index in [2.05, 4.69) is 4.98 Å². The number of ether oxygens (including phenoxy) is 2. The normalized spacial score (nSPS) is 10.4. The van der Waals surface area contributed by atoms with Crippen molar-refractivity contribution in [3.05, 3.63) is 16.1 Å². The average Bonchev–Trinajstić information content (AvgIpc) is 2.78. The minimum atomic E-state index is -1.06. The Kier molecular flexibility index (Phi) is 5.77. The van der Waals surface area contributed by atoms with Crippen molar-refractivity contribution >= 4 is 23.3 Å². The van der Waals surface area contributed by atoms with Crippen molar-refractivity contribution in [1.29, 1.82) is 0 Å². The van der Waals surface area contributed by atoms with Crippen molar-refractivity contribution < 1.29 is 19.1 Å². The average molecular weight is 271 g/mol. The summed E-state index contributed by atoms with van der Waals surface area (Å²) >= 11 is 1.28. The van der Waals surface area contributed by atoms with Crippen LogP contribution in [0.3, 0.4) is 0 Å². The van der Waals surface area contributed by atoms with Crippen LogP contribution in [-0.4, -0.2) is 30.1 Å². The third-order valence-corrected chi connectivity index (χ3v) is 3.18. The molecule has 5 nitrogen and oxygen atoms in total. The van der Waals surface area contributed by atoms with Crippen LogP contribution in [0.5, 0.6) is 0 Å². The van der Waals surface area contributed by atoms with Gasteiger partial charge in [-0.2, -0.15) is 0 Å². The Morgan fingerprint density at radius 2 is 1.78 bits per heavy atom. The van der Waals surface area contributed by atoms with Crippen molar-refractivity contribution in [2.45, 2.75) is 33.1 Å². The highest BCUT2D eigenvalue weighted by Gasteiger charge is 2.34. The molecule has 0 bridgehead atoms. The van der Waals surface area contributed by atoms with Gasteiger partial charge in [-0.25, -0.2) is 4.98 Å². The molecule has 0 aromatic carbocycles. The monoisotopic (exact) mass is 271 g/mol. The zero-order valence-corrected chi connectivity index (χ0v) is 11.6. The fourth-order valence-electron chi connectivity index (χ4n) is 1.37. The van der Waals surface area contributed by atoms with E-state index in [1.165, 1.54) is 11.3 Å². The molecule has 100 valence electrons. The Hall–Kier alpha value is -1.43. The molecule has 1 heterocycles. The van der Waals surface area contributed by atoms with Crippen molar-refractivity contribution in [3.8, 4) is 0 Å². The molecule has 0 fully saturated rings. The molecule has 0 N–H and O–H groups in total. The molecule has 6 heteroatoms. The summed E-state index contributed by atoms with van der Waals surface area (Å²) in [5, 5.41) is 2.27. The summed E-state index contributed by atoms with van der Waals surface area (Å²) in [6.07, 6.45) is 0.759. The van der Waals surface area contributed by atoms with Gasteiger partial charge in [0.15, 0.2) is 0 Å². The lowest BCUT2D eigenvalue weighted by Crippen LogP contribution is -2.26. The van der Waals surface area contributed by atoms with Crippen LogP contribution < -0.4 is 0 Å². The summed E-state index contributed by atoms with van der Waals surface area (Å²) in [5.74, 6) is -2.27. The third-order valence-electron chi connectivity index (χ3n) is 2.22. The number of carbonyl (C=O) groups is 2. The van der Waals surface area contributed by atoms with E-state index in [0.29, 0.717) is 5.01 Å². The van der Waals surface area contributed by atoms with Gasteiger partial charge < -0.3 is 9.47 Å². The van der Waals surface area contributed by atoms with E-state index in [1.807, 2.05) is 12.3 Å². The second-order valence-electron chi connectivity index (χ2n) is 3.47. The van der Waals surface area contributed by atoms with Gasteiger partial charge >= 0.3 is 11.9 Å². The molecule has 0 unspecified atom stereocenters. The van der Waals surface area contributed by atoms with Crippen LogP contribution in [0.2, 0.25) is 0 Å². The number of rotatable bonds is 6. The summed E-state index contributed by atoms with van der Waals surface area (Å²) < 4.78 is 9.79. The Balaban J connectivity index is 2.95. The van der Waals surface area contributed by atoms with Gasteiger partial charge in [-0.1, -0.05) is 6.92 Å². The highest BCUT2D eigenvalue weighted by atomic mass is 32.1. The summed E-state index contributed by atoms with van der Waals surface area (Å²) in [7, 11) is 0. The molecule has 1 aromatic rings. The van der Waals surface area contributed by atoms with E-state index >= 15 is 0 Å². The molecular weight excluding hydrogens is 254 g/mol. The van der Waals surface area contributed by atoms with E-state index in [1.54, 1.807) is 13.8 Å². The summed E-state index contributed by atoms with van der Waals surface area (Å²) in [6, 6.07) is 0. The molecule has 0 aliphatic rings. The van der Waals surface area contributed by atoms with E-state index in [4.69, 9.17) is 9.47 Å². The Morgan fingerprint density at radius 1 is 1.22 bits per heavy atom. The number of hydrogen-bond acceptors (Lipinski definition) is 6. The highest BCUT2D eigenvalue weighted by molar-refractivity contribution is 7.10. The van der Waals surface area contributed by atoms with Crippen LogP contribution in [-0.2, 0) is 25.5 Å². The second-order valence-corrected chi connectivity index (χ2v) is 4.36. The summed E-state index contributed by atoms with van der Waals surface area (Å²) in [5.41, 5.74) is 0.855. The lowest BCUT2D eigenvalue weighted by molar-refractivity contribution is -0.156. The van der Waals surface area contributed by atoms with Gasteiger partial charge in [-0.15, -0.1) is 11.3 Å². The number of thiazole rings is 1. The molecule has 0 radical (unpaired) electrons. The standard InChI is InChI=1S/C12H17NO4S/c1-4-8-7-18-10(13-8)9(11(14)16-5-2)12(15)17-6-3/h7,9H,4-6H2,1-3H3.